The van der Waals surface area contributed by atoms with Gasteiger partial charge in [0, 0.05) is 11.2 Å². The number of benzene rings is 1. The molecule has 176 valence electrons. The number of Topliss-reactive ketones (excluding diaryl/α,β-unsaturated/α-hetero) is 1. The highest BCUT2D eigenvalue weighted by Crippen LogP contribution is 2.28. The number of aromatic amines is 1. The molecular weight excluding hydrogens is 484 g/mol. The number of H-pyrrole nitrogens is 1. The average molecular weight is 509 g/mol. The first-order valence-electron chi connectivity index (χ1n) is 9.88. The maximum atomic E-state index is 12.4. The van der Waals surface area contributed by atoms with Gasteiger partial charge < -0.3 is 10.3 Å². The first-order chi connectivity index (χ1) is 15.3. The Hall–Kier alpha value is -2.54. The van der Waals surface area contributed by atoms with Crippen LogP contribution in [0.15, 0.2) is 39.1 Å². The molecule has 0 radical (unpaired) electrons. The summed E-state index contributed by atoms with van der Waals surface area (Å²) in [7, 11) is -3.67. The van der Waals surface area contributed by atoms with Crippen LogP contribution >= 0.6 is 23.1 Å². The highest BCUT2D eigenvalue weighted by Gasteiger charge is 2.22. The number of nitrogens with one attached hydrogen (secondary N) is 3. The number of sulfonamides is 1. The molecule has 0 aliphatic rings. The molecule has 2 aromatic heterocycles. The number of fused-ring (bicyclic) bond motifs is 1. The highest BCUT2D eigenvalue weighted by molar-refractivity contribution is 7.99. The minimum atomic E-state index is -3.67. The third kappa shape index (κ3) is 6.08. The third-order valence-electron chi connectivity index (χ3n) is 4.33. The minimum Gasteiger partial charge on any atom is -0.325 e. The molecule has 33 heavy (non-hydrogen) atoms. The average Bonchev–Trinajstić information content (AvgIpc) is 3.02. The number of amides is 1. The first kappa shape index (κ1) is 25.1. The van der Waals surface area contributed by atoms with Gasteiger partial charge in [-0.2, -0.15) is 0 Å². The molecule has 0 atom stereocenters. The molecule has 0 spiro atoms. The molecule has 12 heteroatoms. The predicted molar refractivity (Wildman–Crippen MR) is 131 cm³/mol. The van der Waals surface area contributed by atoms with Crippen molar-refractivity contribution in [2.45, 2.75) is 50.2 Å². The van der Waals surface area contributed by atoms with Gasteiger partial charge in [-0.3, -0.25) is 14.4 Å². The van der Waals surface area contributed by atoms with E-state index in [0.29, 0.717) is 26.3 Å². The molecule has 0 unspecified atom stereocenters. The van der Waals surface area contributed by atoms with Gasteiger partial charge in [0.2, 0.25) is 15.9 Å². The van der Waals surface area contributed by atoms with Crippen LogP contribution < -0.4 is 15.6 Å². The molecule has 0 aliphatic heterocycles. The number of rotatable bonds is 7. The summed E-state index contributed by atoms with van der Waals surface area (Å²) in [4.78, 5) is 44.5. The van der Waals surface area contributed by atoms with E-state index in [1.807, 2.05) is 0 Å². The van der Waals surface area contributed by atoms with Crippen LogP contribution in [-0.4, -0.2) is 41.4 Å². The Bertz CT molecular complexity index is 1380. The topological polar surface area (TPSA) is 138 Å². The van der Waals surface area contributed by atoms with Crippen molar-refractivity contribution in [2.75, 3.05) is 11.1 Å². The molecule has 3 N–H and O–H groups in total. The van der Waals surface area contributed by atoms with Crippen LogP contribution in [0.25, 0.3) is 10.2 Å². The number of thioether (sulfide) groups is 1. The summed E-state index contributed by atoms with van der Waals surface area (Å²) in [6.07, 6.45) is 0. The smallest absolute Gasteiger partial charge is 0.260 e. The fourth-order valence-electron chi connectivity index (χ4n) is 3.04. The molecule has 3 rings (SSSR count). The Labute approximate surface area is 199 Å². The lowest BCUT2D eigenvalue weighted by Crippen LogP contribution is -2.40. The minimum absolute atomic E-state index is 0.0238. The number of carbonyl (C=O) groups is 2. The summed E-state index contributed by atoms with van der Waals surface area (Å²) in [5.41, 5.74) is 0.0712. The lowest BCUT2D eigenvalue weighted by molar-refractivity contribution is -0.113. The van der Waals surface area contributed by atoms with Crippen molar-refractivity contribution in [1.82, 2.24) is 14.7 Å². The van der Waals surface area contributed by atoms with Crippen molar-refractivity contribution >= 4 is 60.7 Å². The molecule has 1 amide bonds. The number of ketones is 1. The third-order valence-corrected chi connectivity index (χ3v) is 8.26. The predicted octanol–water partition coefficient (Wildman–Crippen LogP) is 3.30. The summed E-state index contributed by atoms with van der Waals surface area (Å²) in [5, 5.41) is 3.34. The Balaban J connectivity index is 1.66. The van der Waals surface area contributed by atoms with Crippen molar-refractivity contribution < 1.29 is 18.0 Å². The summed E-state index contributed by atoms with van der Waals surface area (Å²) in [6, 6.07) is 5.83. The van der Waals surface area contributed by atoms with Crippen LogP contribution in [-0.2, 0) is 14.8 Å². The number of hydrogen-bond acceptors (Lipinski definition) is 8. The normalized spacial score (nSPS) is 12.2. The van der Waals surface area contributed by atoms with Crippen molar-refractivity contribution in [3.8, 4) is 0 Å². The summed E-state index contributed by atoms with van der Waals surface area (Å²) in [5.74, 6) is -0.501. The molecular formula is C21H24N4O5S3. The number of carbonyl (C=O) groups excluding carboxylic acids is 2. The van der Waals surface area contributed by atoms with E-state index in [1.54, 1.807) is 27.7 Å². The number of aryl methyl sites for hydroxylation is 1. The van der Waals surface area contributed by atoms with E-state index in [1.165, 1.54) is 31.2 Å². The van der Waals surface area contributed by atoms with Crippen LogP contribution in [0.3, 0.4) is 0 Å². The fraction of sp³-hybridized carbons (Fsp3) is 0.333. The molecule has 1 aromatic carbocycles. The van der Waals surface area contributed by atoms with Gasteiger partial charge in [-0.15, -0.1) is 11.3 Å². The van der Waals surface area contributed by atoms with E-state index >= 15 is 0 Å². The van der Waals surface area contributed by atoms with E-state index in [2.05, 4.69) is 20.0 Å². The maximum Gasteiger partial charge on any atom is 0.260 e. The summed E-state index contributed by atoms with van der Waals surface area (Å²) >= 11 is 2.21. The zero-order chi connectivity index (χ0) is 24.6. The van der Waals surface area contributed by atoms with Crippen LogP contribution in [0.2, 0.25) is 0 Å². The van der Waals surface area contributed by atoms with Crippen LogP contribution in [0.4, 0.5) is 5.69 Å². The monoisotopic (exact) mass is 508 g/mol. The zero-order valence-electron chi connectivity index (χ0n) is 18.7. The largest absolute Gasteiger partial charge is 0.325 e. The van der Waals surface area contributed by atoms with Gasteiger partial charge in [0.25, 0.3) is 5.56 Å². The second-order valence-electron chi connectivity index (χ2n) is 8.38. The van der Waals surface area contributed by atoms with Crippen LogP contribution in [0.1, 0.15) is 42.9 Å². The highest BCUT2D eigenvalue weighted by atomic mass is 32.2. The number of anilines is 1. The Morgan fingerprint density at radius 2 is 1.82 bits per heavy atom. The summed E-state index contributed by atoms with van der Waals surface area (Å²) < 4.78 is 27.3. The first-order valence-corrected chi connectivity index (χ1v) is 13.2. The quantitative estimate of drug-likeness (QED) is 0.253. The van der Waals surface area contributed by atoms with E-state index in [0.717, 1.165) is 23.1 Å². The standard InChI is InChI=1S/C21H24N4O5S3/c1-11-16-18(28)23-20(24-19(16)32-17(11)12(2)26)31-10-15(27)22-13-6-8-14(9-7-13)33(29,30)25-21(3,4)5/h6-9,25H,10H2,1-5H3,(H,22,27)(H,23,24,28). The van der Waals surface area contributed by atoms with Gasteiger partial charge in [0.15, 0.2) is 10.9 Å². The van der Waals surface area contributed by atoms with Gasteiger partial charge in [0.05, 0.1) is 20.9 Å². The van der Waals surface area contributed by atoms with Gasteiger partial charge in [-0.05, 0) is 64.4 Å². The van der Waals surface area contributed by atoms with Crippen LogP contribution in [0.5, 0.6) is 0 Å². The molecule has 0 saturated carbocycles. The van der Waals surface area contributed by atoms with E-state index in [4.69, 9.17) is 0 Å². The summed E-state index contributed by atoms with van der Waals surface area (Å²) in [6.45, 7) is 8.40. The molecule has 0 fully saturated rings. The van der Waals surface area contributed by atoms with Crippen molar-refractivity contribution in [3.05, 3.63) is 45.1 Å². The number of nitrogens with zero attached hydrogens (tertiary/aromatic N) is 1. The van der Waals surface area contributed by atoms with Crippen molar-refractivity contribution in [1.29, 1.82) is 0 Å². The zero-order valence-corrected chi connectivity index (χ0v) is 21.2. The number of aromatic nitrogens is 2. The van der Waals surface area contributed by atoms with Gasteiger partial charge >= 0.3 is 0 Å². The molecule has 0 bridgehead atoms. The molecule has 3 aromatic rings. The lowest BCUT2D eigenvalue weighted by atomic mass is 10.1. The maximum absolute atomic E-state index is 12.4. The van der Waals surface area contributed by atoms with Crippen molar-refractivity contribution in [2.24, 2.45) is 0 Å². The molecule has 0 saturated heterocycles. The fourth-order valence-corrected chi connectivity index (χ4v) is 6.25. The number of hydrogen-bond donors (Lipinski definition) is 3. The van der Waals surface area contributed by atoms with Crippen molar-refractivity contribution in [3.63, 3.8) is 0 Å². The second kappa shape index (κ2) is 9.37. The van der Waals surface area contributed by atoms with Crippen LogP contribution in [0, 0.1) is 6.92 Å². The lowest BCUT2D eigenvalue weighted by Gasteiger charge is -2.20. The van der Waals surface area contributed by atoms with Gasteiger partial charge in [-0.25, -0.2) is 18.1 Å². The van der Waals surface area contributed by atoms with E-state index in [9.17, 15) is 22.8 Å². The van der Waals surface area contributed by atoms with Gasteiger partial charge in [0.1, 0.15) is 4.83 Å². The molecule has 9 nitrogen and oxygen atoms in total. The molecule has 2 heterocycles. The number of thiophene rings is 1. The Morgan fingerprint density at radius 3 is 2.39 bits per heavy atom. The van der Waals surface area contributed by atoms with Gasteiger partial charge in [-0.1, -0.05) is 11.8 Å². The SMILES string of the molecule is CC(=O)c1sc2nc(SCC(=O)Nc3ccc(S(=O)(=O)NC(C)(C)C)cc3)[nH]c(=O)c2c1C. The second-order valence-corrected chi connectivity index (χ2v) is 12.0. The molecule has 0 aliphatic carbocycles. The van der Waals surface area contributed by atoms with E-state index < -0.39 is 15.6 Å². The van der Waals surface area contributed by atoms with E-state index in [-0.39, 0.29) is 33.1 Å². The Morgan fingerprint density at radius 1 is 1.18 bits per heavy atom. The Kier molecular flexibility index (Phi) is 7.13.